The van der Waals surface area contributed by atoms with E-state index in [2.05, 4.69) is 25.7 Å². The van der Waals surface area contributed by atoms with Crippen molar-refractivity contribution in [2.75, 3.05) is 5.43 Å². The summed E-state index contributed by atoms with van der Waals surface area (Å²) in [6.07, 6.45) is 2.96. The second-order valence-corrected chi connectivity index (χ2v) is 4.64. The number of aromatic nitrogens is 3. The molecule has 2 aromatic carbocycles. The smallest absolute Gasteiger partial charge is 0.263 e. The van der Waals surface area contributed by atoms with Crippen LogP contribution in [0.5, 0.6) is 11.5 Å². The van der Waals surface area contributed by atoms with E-state index < -0.39 is 0 Å². The van der Waals surface area contributed by atoms with Gasteiger partial charge in [-0.15, -0.1) is 5.10 Å². The van der Waals surface area contributed by atoms with Gasteiger partial charge in [-0.1, -0.05) is 30.3 Å². The topological polar surface area (TPSA) is 104 Å². The maximum absolute atomic E-state index is 9.66. The number of benzene rings is 2. The summed E-state index contributed by atoms with van der Waals surface area (Å²) in [6.45, 7) is 0. The summed E-state index contributed by atoms with van der Waals surface area (Å²) in [5, 5.41) is 30.6. The number of phenolic OH excluding ortho intramolecular Hbond substituents is 2. The van der Waals surface area contributed by atoms with Crippen LogP contribution in [0, 0.1) is 0 Å². The first-order chi connectivity index (χ1) is 11.2. The highest BCUT2D eigenvalue weighted by molar-refractivity contribution is 5.84. The molecule has 0 spiro atoms. The molecule has 3 N–H and O–H groups in total. The first kappa shape index (κ1) is 14.5. The second-order valence-electron chi connectivity index (χ2n) is 4.64. The molecule has 7 heteroatoms. The van der Waals surface area contributed by atoms with Crippen LogP contribution < -0.4 is 5.43 Å². The Morgan fingerprint density at radius 2 is 1.87 bits per heavy atom. The number of hydrogen-bond donors (Lipinski definition) is 3. The van der Waals surface area contributed by atoms with Gasteiger partial charge in [-0.25, -0.2) is 10.4 Å². The quantitative estimate of drug-likeness (QED) is 0.505. The van der Waals surface area contributed by atoms with E-state index in [4.69, 9.17) is 0 Å². The molecule has 1 aromatic heterocycles. The summed E-state index contributed by atoms with van der Waals surface area (Å²) in [5.74, 6) is 0.143. The molecule has 0 saturated heterocycles. The molecule has 0 unspecified atom stereocenters. The summed E-state index contributed by atoms with van der Waals surface area (Å²) in [5.41, 5.74) is 4.70. The lowest BCUT2D eigenvalue weighted by Crippen LogP contribution is -2.00. The van der Waals surface area contributed by atoms with E-state index in [1.165, 1.54) is 24.4 Å². The lowest BCUT2D eigenvalue weighted by atomic mass is 10.2. The molecule has 114 valence electrons. The Morgan fingerprint density at radius 1 is 1.04 bits per heavy atom. The molecule has 0 aliphatic heterocycles. The van der Waals surface area contributed by atoms with Crippen LogP contribution >= 0.6 is 0 Å². The lowest BCUT2D eigenvalue weighted by molar-refractivity contribution is 0.450. The van der Waals surface area contributed by atoms with Gasteiger partial charge in [-0.05, 0) is 12.1 Å². The summed E-state index contributed by atoms with van der Waals surface area (Å²) in [4.78, 5) is 4.31. The molecule has 0 amide bonds. The monoisotopic (exact) mass is 307 g/mol. The van der Waals surface area contributed by atoms with Crippen molar-refractivity contribution < 1.29 is 10.2 Å². The number of nitrogens with zero attached hydrogens (tertiary/aromatic N) is 4. The molecule has 3 aromatic rings. The van der Waals surface area contributed by atoms with Gasteiger partial charge in [0.15, 0.2) is 0 Å². The van der Waals surface area contributed by atoms with E-state index >= 15 is 0 Å². The van der Waals surface area contributed by atoms with E-state index in [0.29, 0.717) is 11.3 Å². The molecule has 1 heterocycles. The molecule has 23 heavy (non-hydrogen) atoms. The summed E-state index contributed by atoms with van der Waals surface area (Å²) in [6, 6.07) is 13.8. The Kier molecular flexibility index (Phi) is 4.10. The van der Waals surface area contributed by atoms with Crippen molar-refractivity contribution in [3.63, 3.8) is 0 Å². The number of hydrogen-bond acceptors (Lipinski definition) is 7. The fraction of sp³-hybridized carbons (Fsp3) is 0. The summed E-state index contributed by atoms with van der Waals surface area (Å²) in [7, 11) is 0. The van der Waals surface area contributed by atoms with Crippen molar-refractivity contribution in [2.24, 2.45) is 5.10 Å². The van der Waals surface area contributed by atoms with Crippen molar-refractivity contribution >= 4 is 12.2 Å². The van der Waals surface area contributed by atoms with Crippen molar-refractivity contribution in [3.8, 4) is 22.8 Å². The molecule has 0 atom stereocenters. The Hall–Kier alpha value is -3.48. The Labute approximate surface area is 132 Å². The van der Waals surface area contributed by atoms with E-state index in [0.717, 1.165) is 5.56 Å². The first-order valence-electron chi connectivity index (χ1n) is 6.78. The van der Waals surface area contributed by atoms with Crippen LogP contribution in [0.2, 0.25) is 0 Å². The van der Waals surface area contributed by atoms with Gasteiger partial charge in [0.05, 0.1) is 18.1 Å². The highest BCUT2D eigenvalue weighted by Crippen LogP contribution is 2.21. The third-order valence-corrected chi connectivity index (χ3v) is 3.01. The van der Waals surface area contributed by atoms with Gasteiger partial charge in [0.1, 0.15) is 11.5 Å². The minimum absolute atomic E-state index is 0.0179. The molecule has 0 saturated carbocycles. The Balaban J connectivity index is 1.75. The van der Waals surface area contributed by atoms with Gasteiger partial charge in [0.25, 0.3) is 5.95 Å². The highest BCUT2D eigenvalue weighted by Gasteiger charge is 2.02. The normalized spacial score (nSPS) is 10.8. The number of anilines is 1. The highest BCUT2D eigenvalue weighted by atomic mass is 16.3. The molecule has 0 bridgehead atoms. The number of hydrazone groups is 1. The molecule has 0 fully saturated rings. The van der Waals surface area contributed by atoms with Gasteiger partial charge in [-0.3, -0.25) is 0 Å². The summed E-state index contributed by atoms with van der Waals surface area (Å²) >= 11 is 0. The predicted molar refractivity (Wildman–Crippen MR) is 86.3 cm³/mol. The fourth-order valence-electron chi connectivity index (χ4n) is 1.90. The maximum Gasteiger partial charge on any atom is 0.263 e. The molecule has 7 nitrogen and oxygen atoms in total. The molecular weight excluding hydrogens is 294 g/mol. The number of phenols is 2. The third kappa shape index (κ3) is 3.59. The second kappa shape index (κ2) is 6.52. The van der Waals surface area contributed by atoms with Crippen molar-refractivity contribution in [3.05, 3.63) is 60.3 Å². The van der Waals surface area contributed by atoms with Gasteiger partial charge in [0.2, 0.25) is 0 Å². The molecular formula is C16H13N5O2. The fourth-order valence-corrected chi connectivity index (χ4v) is 1.90. The minimum Gasteiger partial charge on any atom is -0.508 e. The first-order valence-corrected chi connectivity index (χ1v) is 6.78. The zero-order chi connectivity index (χ0) is 16.1. The predicted octanol–water partition coefficient (Wildman–Crippen LogP) is 2.40. The van der Waals surface area contributed by atoms with Crippen LogP contribution in [0.1, 0.15) is 5.56 Å². The standard InChI is InChI=1S/C16H13N5O2/c22-13-7-6-12(15(23)8-13)9-17-20-16-19-14(10-18-21-16)11-4-2-1-3-5-11/h1-10,22-23H,(H,19,20,21)/b17-9+. The molecule has 0 aliphatic rings. The maximum atomic E-state index is 9.66. The van der Waals surface area contributed by atoms with Gasteiger partial charge in [-0.2, -0.15) is 10.2 Å². The SMILES string of the molecule is Oc1ccc(/C=N/Nc2nncc(-c3ccccc3)n2)c(O)c1. The molecule has 0 radical (unpaired) electrons. The Bertz CT molecular complexity index is 837. The minimum atomic E-state index is -0.0763. The van der Waals surface area contributed by atoms with Crippen LogP contribution in [0.15, 0.2) is 59.8 Å². The van der Waals surface area contributed by atoms with Gasteiger partial charge >= 0.3 is 0 Å². The zero-order valence-corrected chi connectivity index (χ0v) is 12.0. The summed E-state index contributed by atoms with van der Waals surface area (Å²) < 4.78 is 0. The lowest BCUT2D eigenvalue weighted by Gasteiger charge is -2.02. The van der Waals surface area contributed by atoms with Crippen LogP contribution in [0.25, 0.3) is 11.3 Å². The van der Waals surface area contributed by atoms with E-state index in [9.17, 15) is 10.2 Å². The van der Waals surface area contributed by atoms with Crippen LogP contribution in [-0.4, -0.2) is 31.6 Å². The van der Waals surface area contributed by atoms with E-state index in [1.54, 1.807) is 6.20 Å². The molecule has 0 aliphatic carbocycles. The third-order valence-electron chi connectivity index (χ3n) is 3.01. The van der Waals surface area contributed by atoms with Gasteiger partial charge in [0, 0.05) is 17.2 Å². The van der Waals surface area contributed by atoms with Crippen molar-refractivity contribution in [2.45, 2.75) is 0 Å². The average Bonchev–Trinajstić information content (AvgIpc) is 2.58. The molecule has 3 rings (SSSR count). The van der Waals surface area contributed by atoms with Crippen molar-refractivity contribution in [1.29, 1.82) is 0 Å². The number of aromatic hydroxyl groups is 2. The van der Waals surface area contributed by atoms with E-state index in [1.807, 2.05) is 30.3 Å². The van der Waals surface area contributed by atoms with E-state index in [-0.39, 0.29) is 17.4 Å². The largest absolute Gasteiger partial charge is 0.508 e. The van der Waals surface area contributed by atoms with Crippen LogP contribution in [-0.2, 0) is 0 Å². The number of rotatable bonds is 4. The van der Waals surface area contributed by atoms with Crippen LogP contribution in [0.3, 0.4) is 0 Å². The average molecular weight is 307 g/mol. The van der Waals surface area contributed by atoms with Crippen molar-refractivity contribution in [1.82, 2.24) is 15.2 Å². The van der Waals surface area contributed by atoms with Gasteiger partial charge < -0.3 is 10.2 Å². The number of nitrogens with one attached hydrogen (secondary N) is 1. The zero-order valence-electron chi connectivity index (χ0n) is 12.0. The van der Waals surface area contributed by atoms with Crippen LogP contribution in [0.4, 0.5) is 5.95 Å². The Morgan fingerprint density at radius 3 is 2.65 bits per heavy atom.